The van der Waals surface area contributed by atoms with Crippen LogP contribution in [-0.4, -0.2) is 71.2 Å². The summed E-state index contributed by atoms with van der Waals surface area (Å²) in [6.07, 6.45) is -4.51. The predicted molar refractivity (Wildman–Crippen MR) is 127 cm³/mol. The molecular weight excluding hydrogens is 436 g/mol. The van der Waals surface area contributed by atoms with Gasteiger partial charge in [-0.1, -0.05) is 36.4 Å². The molecule has 0 bridgehead atoms. The molecule has 9 nitrogen and oxygen atoms in total. The van der Waals surface area contributed by atoms with E-state index in [1.54, 1.807) is 0 Å². The van der Waals surface area contributed by atoms with E-state index < -0.39 is 37.3 Å². The topological polar surface area (TPSA) is 140 Å². The number of ether oxygens (including phenoxy) is 1. The Labute approximate surface area is 191 Å². The normalized spacial score (nSPS) is 25.9. The van der Waals surface area contributed by atoms with Gasteiger partial charge in [-0.05, 0) is 12.1 Å². The quantitative estimate of drug-likeness (QED) is 0.235. The third-order valence-electron chi connectivity index (χ3n) is 7.10. The molecule has 3 aromatic heterocycles. The summed E-state index contributed by atoms with van der Waals surface area (Å²) in [5.74, 6) is 0. The van der Waals surface area contributed by atoms with Crippen molar-refractivity contribution in [3.05, 3.63) is 54.7 Å². The Morgan fingerprint density at radius 2 is 1.65 bits per heavy atom. The fourth-order valence-electron chi connectivity index (χ4n) is 5.55. The van der Waals surface area contributed by atoms with Crippen molar-refractivity contribution in [2.24, 2.45) is 0 Å². The van der Waals surface area contributed by atoms with Crippen LogP contribution in [0.1, 0.15) is 6.23 Å². The lowest BCUT2D eigenvalue weighted by molar-refractivity contribution is -0.249. The SMILES string of the molecule is OC[C@H]1O[C@@H](n2c3ccccc3c3c4[nH][nH]cc4c4c5ccccc5nc4c32)[C@H](O)[C@@H](O)[C@@H]1O. The summed E-state index contributed by atoms with van der Waals surface area (Å²) in [5, 5.41) is 52.9. The van der Waals surface area contributed by atoms with Gasteiger partial charge in [0.05, 0.1) is 34.2 Å². The Hall–Kier alpha value is -3.47. The molecule has 6 aromatic rings. The van der Waals surface area contributed by atoms with Crippen molar-refractivity contribution in [2.75, 3.05) is 6.61 Å². The van der Waals surface area contributed by atoms with E-state index in [0.717, 1.165) is 54.5 Å². The number of rotatable bonds is 2. The lowest BCUT2D eigenvalue weighted by Crippen LogP contribution is -2.56. The molecule has 34 heavy (non-hydrogen) atoms. The lowest BCUT2D eigenvalue weighted by atomic mass is 9.98. The summed E-state index contributed by atoms with van der Waals surface area (Å²) in [5.41, 5.74) is 3.99. The Bertz CT molecular complexity index is 1710. The van der Waals surface area contributed by atoms with Gasteiger partial charge >= 0.3 is 0 Å². The van der Waals surface area contributed by atoms with E-state index in [2.05, 4.69) is 10.2 Å². The first kappa shape index (κ1) is 20.0. The monoisotopic (exact) mass is 458 g/mol. The number of H-pyrrole nitrogens is 2. The zero-order valence-electron chi connectivity index (χ0n) is 17.9. The third kappa shape index (κ3) is 2.42. The van der Waals surface area contributed by atoms with E-state index in [1.807, 2.05) is 59.3 Å². The van der Waals surface area contributed by atoms with E-state index in [0.29, 0.717) is 0 Å². The first-order valence-corrected chi connectivity index (χ1v) is 11.2. The highest BCUT2D eigenvalue weighted by Gasteiger charge is 2.45. The Kier molecular flexibility index (Phi) is 4.12. The highest BCUT2D eigenvalue weighted by atomic mass is 16.6. The van der Waals surface area contributed by atoms with E-state index in [1.165, 1.54) is 0 Å². The van der Waals surface area contributed by atoms with Crippen LogP contribution in [0.25, 0.3) is 54.5 Å². The molecule has 7 rings (SSSR count). The number of aliphatic hydroxyl groups is 4. The van der Waals surface area contributed by atoms with Crippen molar-refractivity contribution in [3.63, 3.8) is 0 Å². The molecule has 6 N–H and O–H groups in total. The predicted octanol–water partition coefficient (Wildman–Crippen LogP) is 2.28. The van der Waals surface area contributed by atoms with Gasteiger partial charge in [-0.15, -0.1) is 0 Å². The van der Waals surface area contributed by atoms with Gasteiger partial charge in [-0.25, -0.2) is 4.98 Å². The van der Waals surface area contributed by atoms with Gasteiger partial charge < -0.3 is 39.9 Å². The zero-order valence-corrected chi connectivity index (χ0v) is 17.9. The van der Waals surface area contributed by atoms with Crippen molar-refractivity contribution in [1.82, 2.24) is 19.7 Å². The minimum Gasteiger partial charge on any atom is -0.394 e. The van der Waals surface area contributed by atoms with Crippen molar-refractivity contribution in [1.29, 1.82) is 0 Å². The first-order chi connectivity index (χ1) is 16.6. The summed E-state index contributed by atoms with van der Waals surface area (Å²) in [7, 11) is 0. The van der Waals surface area contributed by atoms with Gasteiger partial charge in [-0.3, -0.25) is 0 Å². The minimum atomic E-state index is -1.49. The second-order valence-electron chi connectivity index (χ2n) is 8.89. The standard InChI is InChI=1S/C25H22N4O5/c30-10-16-22(31)23(32)24(33)25(34-16)29-15-8-4-2-6-12(15)18-19-13(9-26-28-19)17-11-5-1-3-7-14(11)27-20(17)21(18)29/h1-9,16,22-26,28,30-33H,10H2/t16-,22-,23+,24-,25-/m1/s1. The second-order valence-corrected chi connectivity index (χ2v) is 8.89. The molecule has 0 amide bonds. The summed E-state index contributed by atoms with van der Waals surface area (Å²) in [6.45, 7) is -0.498. The van der Waals surface area contributed by atoms with E-state index in [9.17, 15) is 20.4 Å². The molecule has 0 radical (unpaired) electrons. The number of aromatic amines is 2. The number of aliphatic hydroxyl groups excluding tert-OH is 4. The molecule has 1 fully saturated rings. The fraction of sp³-hybridized carbons (Fsp3) is 0.240. The van der Waals surface area contributed by atoms with Crippen LogP contribution in [0.15, 0.2) is 54.7 Å². The molecular formula is C25H22N4O5. The van der Waals surface area contributed by atoms with Crippen LogP contribution in [0.2, 0.25) is 0 Å². The molecule has 0 saturated carbocycles. The van der Waals surface area contributed by atoms with Gasteiger partial charge in [-0.2, -0.15) is 0 Å². The number of aromatic nitrogens is 4. The number of nitrogens with zero attached hydrogens (tertiary/aromatic N) is 2. The number of benzene rings is 3. The maximum atomic E-state index is 11.0. The Balaban J connectivity index is 1.69. The van der Waals surface area contributed by atoms with Gasteiger partial charge in [0.2, 0.25) is 0 Å². The van der Waals surface area contributed by atoms with Gasteiger partial charge in [0.1, 0.15) is 24.4 Å². The highest BCUT2D eigenvalue weighted by Crippen LogP contribution is 2.45. The second kappa shape index (κ2) is 7.02. The van der Waals surface area contributed by atoms with Crippen LogP contribution in [0.3, 0.4) is 0 Å². The van der Waals surface area contributed by atoms with Gasteiger partial charge in [0.25, 0.3) is 0 Å². The number of hydrogen-bond donors (Lipinski definition) is 6. The molecule has 3 aromatic carbocycles. The first-order valence-electron chi connectivity index (χ1n) is 11.2. The molecule has 172 valence electrons. The maximum absolute atomic E-state index is 11.0. The number of fused-ring (bicyclic) bond motifs is 10. The highest BCUT2D eigenvalue weighted by molar-refractivity contribution is 6.34. The molecule has 5 atom stereocenters. The van der Waals surface area contributed by atoms with E-state index >= 15 is 0 Å². The summed E-state index contributed by atoms with van der Waals surface area (Å²) in [6, 6.07) is 15.7. The van der Waals surface area contributed by atoms with Crippen LogP contribution in [0.5, 0.6) is 0 Å². The number of nitrogens with one attached hydrogen (secondary N) is 2. The number of hydrogen-bond acceptors (Lipinski definition) is 6. The van der Waals surface area contributed by atoms with Crippen LogP contribution in [-0.2, 0) is 4.74 Å². The molecule has 1 saturated heterocycles. The number of para-hydroxylation sites is 2. The largest absolute Gasteiger partial charge is 0.394 e. The van der Waals surface area contributed by atoms with Crippen LogP contribution >= 0.6 is 0 Å². The van der Waals surface area contributed by atoms with Crippen LogP contribution < -0.4 is 0 Å². The van der Waals surface area contributed by atoms with Crippen molar-refractivity contribution in [2.45, 2.75) is 30.6 Å². The van der Waals surface area contributed by atoms with Gasteiger partial charge in [0.15, 0.2) is 6.23 Å². The molecule has 4 heterocycles. The third-order valence-corrected chi connectivity index (χ3v) is 7.10. The Morgan fingerprint density at radius 3 is 2.47 bits per heavy atom. The minimum absolute atomic E-state index is 0.498. The van der Waals surface area contributed by atoms with Gasteiger partial charge in [0, 0.05) is 33.1 Å². The Morgan fingerprint density at radius 1 is 0.882 bits per heavy atom. The lowest BCUT2D eigenvalue weighted by Gasteiger charge is -2.41. The zero-order chi connectivity index (χ0) is 23.1. The average molecular weight is 458 g/mol. The van der Waals surface area contributed by atoms with Crippen molar-refractivity contribution >= 4 is 54.5 Å². The van der Waals surface area contributed by atoms with Crippen molar-refractivity contribution < 1.29 is 25.2 Å². The summed E-state index contributed by atoms with van der Waals surface area (Å²) >= 11 is 0. The smallest absolute Gasteiger partial charge is 0.163 e. The molecule has 0 spiro atoms. The molecule has 9 heteroatoms. The summed E-state index contributed by atoms with van der Waals surface area (Å²) < 4.78 is 7.85. The molecule has 1 aliphatic heterocycles. The molecule has 0 unspecified atom stereocenters. The molecule has 1 aliphatic rings. The molecule has 0 aliphatic carbocycles. The maximum Gasteiger partial charge on any atom is 0.163 e. The van der Waals surface area contributed by atoms with Crippen LogP contribution in [0.4, 0.5) is 0 Å². The van der Waals surface area contributed by atoms with Crippen LogP contribution in [0, 0.1) is 0 Å². The fourth-order valence-corrected chi connectivity index (χ4v) is 5.55. The van der Waals surface area contributed by atoms with E-state index in [4.69, 9.17) is 9.72 Å². The van der Waals surface area contributed by atoms with Crippen molar-refractivity contribution in [3.8, 4) is 0 Å². The van der Waals surface area contributed by atoms with E-state index in [-0.39, 0.29) is 0 Å². The summed E-state index contributed by atoms with van der Waals surface area (Å²) in [4.78, 5) is 4.97. The average Bonchev–Trinajstić information content (AvgIpc) is 3.56.